The van der Waals surface area contributed by atoms with E-state index in [-0.39, 0.29) is 16.5 Å². The number of nitrogens with two attached hydrogens (primary N) is 1. The molecule has 0 atom stereocenters. The van der Waals surface area contributed by atoms with E-state index in [4.69, 9.17) is 17.3 Å². The Balaban J connectivity index is 2.69. The molecule has 0 aromatic heterocycles. The first kappa shape index (κ1) is 12.7. The lowest BCUT2D eigenvalue weighted by Gasteiger charge is -1.99. The molecule has 1 rings (SSSR count). The summed E-state index contributed by atoms with van der Waals surface area (Å²) in [5, 5.41) is 2.56. The van der Waals surface area contributed by atoms with Crippen LogP contribution in [0, 0.1) is 5.82 Å². The van der Waals surface area contributed by atoms with Crippen molar-refractivity contribution in [3.8, 4) is 0 Å². The minimum absolute atomic E-state index is 0.0320. The van der Waals surface area contributed by atoms with Gasteiger partial charge in [0.2, 0.25) is 5.91 Å². The molecule has 0 bridgehead atoms. The largest absolute Gasteiger partial charge is 0.351 e. The maximum atomic E-state index is 13.4. The molecular weight excluding hydrogens is 231 g/mol. The maximum Gasteiger partial charge on any atom is 0.244 e. The van der Waals surface area contributed by atoms with E-state index in [0.717, 1.165) is 0 Å². The van der Waals surface area contributed by atoms with Crippen LogP contribution in [0.15, 0.2) is 24.3 Å². The summed E-state index contributed by atoms with van der Waals surface area (Å²) in [6, 6.07) is 4.60. The van der Waals surface area contributed by atoms with E-state index in [0.29, 0.717) is 13.1 Å². The lowest BCUT2D eigenvalue weighted by Crippen LogP contribution is -2.27. The molecule has 0 fully saturated rings. The van der Waals surface area contributed by atoms with Crippen LogP contribution in [-0.4, -0.2) is 19.0 Å². The Morgan fingerprint density at radius 2 is 2.31 bits per heavy atom. The molecule has 0 unspecified atom stereocenters. The standard InChI is InChI=1S/C11H12ClFN2O/c12-9-3-1-2-8(11(9)13)4-5-10(16)15-7-6-14/h1-5H,6-7,14H2,(H,15,16)/b5-4+. The smallest absolute Gasteiger partial charge is 0.244 e. The summed E-state index contributed by atoms with van der Waals surface area (Å²) in [6.07, 6.45) is 2.61. The fourth-order valence-corrected chi connectivity index (χ4v) is 1.25. The summed E-state index contributed by atoms with van der Waals surface area (Å²) in [7, 11) is 0. The van der Waals surface area contributed by atoms with Gasteiger partial charge in [-0.05, 0) is 12.1 Å². The molecule has 0 aliphatic heterocycles. The van der Waals surface area contributed by atoms with Crippen LogP contribution >= 0.6 is 11.6 Å². The van der Waals surface area contributed by atoms with Gasteiger partial charge in [-0.1, -0.05) is 23.7 Å². The highest BCUT2D eigenvalue weighted by atomic mass is 35.5. The zero-order valence-electron chi connectivity index (χ0n) is 8.54. The topological polar surface area (TPSA) is 55.1 Å². The van der Waals surface area contributed by atoms with Crippen LogP contribution in [0.1, 0.15) is 5.56 Å². The van der Waals surface area contributed by atoms with Crippen molar-refractivity contribution in [1.82, 2.24) is 5.32 Å². The fraction of sp³-hybridized carbons (Fsp3) is 0.182. The Morgan fingerprint density at radius 1 is 1.56 bits per heavy atom. The highest BCUT2D eigenvalue weighted by Gasteiger charge is 2.03. The van der Waals surface area contributed by atoms with Gasteiger partial charge < -0.3 is 11.1 Å². The number of rotatable bonds is 4. The third kappa shape index (κ3) is 3.64. The van der Waals surface area contributed by atoms with Crippen LogP contribution in [-0.2, 0) is 4.79 Å². The molecular formula is C11H12ClFN2O. The van der Waals surface area contributed by atoms with Crippen molar-refractivity contribution in [2.24, 2.45) is 5.73 Å². The van der Waals surface area contributed by atoms with E-state index in [1.807, 2.05) is 0 Å². The average Bonchev–Trinajstić information content (AvgIpc) is 2.28. The van der Waals surface area contributed by atoms with Crippen molar-refractivity contribution in [3.05, 3.63) is 40.7 Å². The molecule has 0 heterocycles. The molecule has 1 aromatic carbocycles. The quantitative estimate of drug-likeness (QED) is 0.788. The number of benzene rings is 1. The molecule has 3 N–H and O–H groups in total. The van der Waals surface area contributed by atoms with Gasteiger partial charge in [-0.25, -0.2) is 4.39 Å². The average molecular weight is 243 g/mol. The number of hydrogen-bond donors (Lipinski definition) is 2. The van der Waals surface area contributed by atoms with E-state index in [2.05, 4.69) is 5.32 Å². The molecule has 1 amide bonds. The lowest BCUT2D eigenvalue weighted by molar-refractivity contribution is -0.116. The predicted octanol–water partition coefficient (Wildman–Crippen LogP) is 1.57. The van der Waals surface area contributed by atoms with Gasteiger partial charge in [0.25, 0.3) is 0 Å². The maximum absolute atomic E-state index is 13.4. The van der Waals surface area contributed by atoms with Crippen LogP contribution in [0.3, 0.4) is 0 Å². The van der Waals surface area contributed by atoms with Crippen molar-refractivity contribution in [3.63, 3.8) is 0 Å². The molecule has 0 aliphatic rings. The summed E-state index contributed by atoms with van der Waals surface area (Å²) < 4.78 is 13.4. The molecule has 0 saturated heterocycles. The summed E-state index contributed by atoms with van der Waals surface area (Å²) in [5.74, 6) is -0.850. The van der Waals surface area contributed by atoms with Gasteiger partial charge in [-0.15, -0.1) is 0 Å². The third-order valence-corrected chi connectivity index (χ3v) is 2.13. The fourth-order valence-electron chi connectivity index (χ4n) is 1.07. The number of carbonyl (C=O) groups excluding carboxylic acids is 1. The summed E-state index contributed by atoms with van der Waals surface area (Å²) in [4.78, 5) is 11.2. The van der Waals surface area contributed by atoms with Crippen molar-refractivity contribution < 1.29 is 9.18 Å². The number of carbonyl (C=O) groups is 1. The van der Waals surface area contributed by atoms with Crippen molar-refractivity contribution in [2.75, 3.05) is 13.1 Å². The van der Waals surface area contributed by atoms with Crippen LogP contribution in [0.25, 0.3) is 6.08 Å². The first-order valence-corrected chi connectivity index (χ1v) is 5.13. The molecule has 3 nitrogen and oxygen atoms in total. The lowest BCUT2D eigenvalue weighted by atomic mass is 10.2. The Bertz CT molecular complexity index is 407. The zero-order chi connectivity index (χ0) is 12.0. The summed E-state index contributed by atoms with van der Waals surface area (Å²) >= 11 is 5.59. The second-order valence-electron chi connectivity index (χ2n) is 3.06. The molecule has 5 heteroatoms. The highest BCUT2D eigenvalue weighted by molar-refractivity contribution is 6.30. The van der Waals surface area contributed by atoms with Gasteiger partial charge in [0, 0.05) is 24.7 Å². The second-order valence-corrected chi connectivity index (χ2v) is 3.46. The second kappa shape index (κ2) is 6.25. The highest BCUT2D eigenvalue weighted by Crippen LogP contribution is 2.18. The van der Waals surface area contributed by atoms with Gasteiger partial charge in [-0.2, -0.15) is 0 Å². The van der Waals surface area contributed by atoms with E-state index in [1.165, 1.54) is 24.3 Å². The number of hydrogen-bond acceptors (Lipinski definition) is 2. The van der Waals surface area contributed by atoms with Gasteiger partial charge in [0.1, 0.15) is 5.82 Å². The van der Waals surface area contributed by atoms with Crippen LogP contribution < -0.4 is 11.1 Å². The molecule has 86 valence electrons. The normalized spacial score (nSPS) is 10.7. The van der Waals surface area contributed by atoms with E-state index >= 15 is 0 Å². The minimum atomic E-state index is -0.535. The monoisotopic (exact) mass is 242 g/mol. The molecule has 16 heavy (non-hydrogen) atoms. The van der Waals surface area contributed by atoms with Crippen molar-refractivity contribution in [1.29, 1.82) is 0 Å². The molecule has 0 spiro atoms. The van der Waals surface area contributed by atoms with Gasteiger partial charge >= 0.3 is 0 Å². The third-order valence-electron chi connectivity index (χ3n) is 1.84. The Labute approximate surface area is 98.1 Å². The predicted molar refractivity (Wildman–Crippen MR) is 62.5 cm³/mol. The summed E-state index contributed by atoms with van der Waals surface area (Å²) in [6.45, 7) is 0.756. The van der Waals surface area contributed by atoms with Gasteiger partial charge in [0.05, 0.1) is 5.02 Å². The first-order valence-electron chi connectivity index (χ1n) is 4.75. The molecule has 0 aliphatic carbocycles. The molecule has 0 saturated carbocycles. The molecule has 1 aromatic rings. The first-order chi connectivity index (χ1) is 7.65. The van der Waals surface area contributed by atoms with E-state index in [9.17, 15) is 9.18 Å². The Kier molecular flexibility index (Phi) is 4.95. The van der Waals surface area contributed by atoms with Gasteiger partial charge in [-0.3, -0.25) is 4.79 Å². The SMILES string of the molecule is NCCNC(=O)/C=C/c1cccc(Cl)c1F. The summed E-state index contributed by atoms with van der Waals surface area (Å²) in [5.41, 5.74) is 5.49. The zero-order valence-corrected chi connectivity index (χ0v) is 9.30. The van der Waals surface area contributed by atoms with Crippen molar-refractivity contribution >= 4 is 23.6 Å². The van der Waals surface area contributed by atoms with E-state index < -0.39 is 5.82 Å². The Morgan fingerprint density at radius 3 is 3.00 bits per heavy atom. The van der Waals surface area contributed by atoms with Crippen molar-refractivity contribution in [2.45, 2.75) is 0 Å². The van der Waals surface area contributed by atoms with Gasteiger partial charge in [0.15, 0.2) is 0 Å². The molecule has 0 radical (unpaired) electrons. The minimum Gasteiger partial charge on any atom is -0.351 e. The van der Waals surface area contributed by atoms with Crippen LogP contribution in [0.2, 0.25) is 5.02 Å². The number of amides is 1. The number of nitrogens with one attached hydrogen (secondary N) is 1. The van der Waals surface area contributed by atoms with E-state index in [1.54, 1.807) is 6.07 Å². The van der Waals surface area contributed by atoms with Crippen LogP contribution in [0.4, 0.5) is 4.39 Å². The van der Waals surface area contributed by atoms with Crippen LogP contribution in [0.5, 0.6) is 0 Å². The number of halogens is 2. The Hall–Kier alpha value is -1.39.